The molecule has 1 unspecified atom stereocenters. The summed E-state index contributed by atoms with van der Waals surface area (Å²) in [5.41, 5.74) is 0. The number of rotatable bonds is 6. The number of hydrogen-bond acceptors (Lipinski definition) is 2. The fourth-order valence-corrected chi connectivity index (χ4v) is 2.44. The van der Waals surface area contributed by atoms with Crippen molar-refractivity contribution in [3.63, 3.8) is 0 Å². The topological polar surface area (TPSA) is 15.3 Å². The highest BCUT2D eigenvalue weighted by molar-refractivity contribution is 4.81. The van der Waals surface area contributed by atoms with E-state index < -0.39 is 0 Å². The minimum Gasteiger partial charge on any atom is -0.311 e. The number of nitrogens with one attached hydrogen (secondary N) is 1. The molecule has 0 radical (unpaired) electrons. The van der Waals surface area contributed by atoms with E-state index in [9.17, 15) is 0 Å². The maximum Gasteiger partial charge on any atom is 0.00938 e. The third kappa shape index (κ3) is 4.67. The minimum atomic E-state index is 0.633. The summed E-state index contributed by atoms with van der Waals surface area (Å²) in [4.78, 5) is 2.58. The smallest absolute Gasteiger partial charge is 0.00938 e. The highest BCUT2D eigenvalue weighted by Gasteiger charge is 2.21. The molecule has 2 nitrogen and oxygen atoms in total. The average Bonchev–Trinajstić information content (AvgIpc) is 2.27. The zero-order chi connectivity index (χ0) is 12.0. The first-order valence-electron chi connectivity index (χ1n) is 6.74. The van der Waals surface area contributed by atoms with Crippen LogP contribution >= 0.6 is 0 Å². The van der Waals surface area contributed by atoms with E-state index in [2.05, 4.69) is 37.6 Å². The molecule has 0 aliphatic carbocycles. The van der Waals surface area contributed by atoms with Crippen molar-refractivity contribution in [1.82, 2.24) is 10.2 Å². The molecule has 1 atom stereocenters. The van der Waals surface area contributed by atoms with E-state index >= 15 is 0 Å². The average molecular weight is 224 g/mol. The van der Waals surface area contributed by atoms with Crippen molar-refractivity contribution in [2.45, 2.75) is 64.6 Å². The predicted octanol–water partition coefficient (Wildman–Crippen LogP) is 2.80. The first-order chi connectivity index (χ1) is 7.63. The van der Waals surface area contributed by atoms with Gasteiger partial charge in [0.15, 0.2) is 0 Å². The van der Waals surface area contributed by atoms with Crippen LogP contribution in [0.3, 0.4) is 0 Å². The lowest BCUT2D eigenvalue weighted by molar-refractivity contribution is 0.156. The second-order valence-corrected chi connectivity index (χ2v) is 5.34. The second kappa shape index (κ2) is 7.08. The van der Waals surface area contributed by atoms with Gasteiger partial charge in [0, 0.05) is 18.1 Å². The molecular weight excluding hydrogens is 196 g/mol. The summed E-state index contributed by atoms with van der Waals surface area (Å²) in [5, 5.41) is 3.74. The van der Waals surface area contributed by atoms with Crippen molar-refractivity contribution in [3.8, 4) is 0 Å². The van der Waals surface area contributed by atoms with Gasteiger partial charge in [-0.25, -0.2) is 0 Å². The number of hydrogen-bond donors (Lipinski definition) is 1. The Morgan fingerprint density at radius 1 is 1.31 bits per heavy atom. The highest BCUT2D eigenvalue weighted by Crippen LogP contribution is 2.14. The lowest BCUT2D eigenvalue weighted by Gasteiger charge is -2.36. The van der Waals surface area contributed by atoms with Crippen molar-refractivity contribution in [2.75, 3.05) is 13.1 Å². The summed E-state index contributed by atoms with van der Waals surface area (Å²) in [7, 11) is 0. The molecule has 94 valence electrons. The lowest BCUT2D eigenvalue weighted by Crippen LogP contribution is -2.47. The maximum absolute atomic E-state index is 3.77. The zero-order valence-corrected chi connectivity index (χ0v) is 11.2. The van der Waals surface area contributed by atoms with Crippen LogP contribution in [0.1, 0.15) is 46.5 Å². The molecule has 0 aromatic heterocycles. The zero-order valence-electron chi connectivity index (χ0n) is 11.2. The van der Waals surface area contributed by atoms with Gasteiger partial charge in [-0.2, -0.15) is 0 Å². The van der Waals surface area contributed by atoms with E-state index in [-0.39, 0.29) is 0 Å². The molecule has 1 aliphatic heterocycles. The Balaban J connectivity index is 2.18. The Hall–Kier alpha value is -0.340. The van der Waals surface area contributed by atoms with Gasteiger partial charge in [-0.15, -0.1) is 6.58 Å². The molecule has 1 heterocycles. The van der Waals surface area contributed by atoms with Gasteiger partial charge in [0.1, 0.15) is 0 Å². The van der Waals surface area contributed by atoms with E-state index in [1.54, 1.807) is 0 Å². The molecule has 1 rings (SSSR count). The molecule has 1 aliphatic rings. The number of likely N-dealkylation sites (tertiary alicyclic amines) is 1. The van der Waals surface area contributed by atoms with Crippen molar-refractivity contribution in [1.29, 1.82) is 0 Å². The lowest BCUT2D eigenvalue weighted by atomic mass is 10.0. The molecule has 0 aromatic carbocycles. The van der Waals surface area contributed by atoms with E-state index in [1.807, 2.05) is 6.08 Å². The normalized spacial score (nSPS) is 21.2. The number of allylic oxidation sites excluding steroid dienone is 1. The second-order valence-electron chi connectivity index (χ2n) is 5.34. The van der Waals surface area contributed by atoms with Gasteiger partial charge in [0.2, 0.25) is 0 Å². The first-order valence-corrected chi connectivity index (χ1v) is 6.74. The van der Waals surface area contributed by atoms with Gasteiger partial charge in [0.25, 0.3) is 0 Å². The van der Waals surface area contributed by atoms with Gasteiger partial charge >= 0.3 is 0 Å². The van der Waals surface area contributed by atoms with Crippen molar-refractivity contribution in [3.05, 3.63) is 12.7 Å². The van der Waals surface area contributed by atoms with Crippen LogP contribution in [0.4, 0.5) is 0 Å². The molecule has 0 amide bonds. The van der Waals surface area contributed by atoms with Gasteiger partial charge in [0.05, 0.1) is 0 Å². The van der Waals surface area contributed by atoms with Crippen LogP contribution < -0.4 is 5.32 Å². The largest absolute Gasteiger partial charge is 0.311 e. The van der Waals surface area contributed by atoms with Crippen LogP contribution in [0.2, 0.25) is 0 Å². The van der Waals surface area contributed by atoms with Crippen molar-refractivity contribution in [2.24, 2.45) is 0 Å². The molecular formula is C14H28N2. The summed E-state index contributed by atoms with van der Waals surface area (Å²) in [5.74, 6) is 0. The summed E-state index contributed by atoms with van der Waals surface area (Å²) < 4.78 is 0. The molecule has 1 N–H and O–H groups in total. The van der Waals surface area contributed by atoms with Crippen LogP contribution in [0.15, 0.2) is 12.7 Å². The van der Waals surface area contributed by atoms with Crippen LogP contribution in [-0.2, 0) is 0 Å². The molecule has 1 saturated heterocycles. The van der Waals surface area contributed by atoms with Crippen LogP contribution in [-0.4, -0.2) is 36.1 Å². The predicted molar refractivity (Wildman–Crippen MR) is 71.8 cm³/mol. The third-order valence-electron chi connectivity index (χ3n) is 3.58. The van der Waals surface area contributed by atoms with E-state index in [0.29, 0.717) is 12.1 Å². The van der Waals surface area contributed by atoms with E-state index in [4.69, 9.17) is 0 Å². The van der Waals surface area contributed by atoms with E-state index in [0.717, 1.165) is 12.5 Å². The summed E-state index contributed by atoms with van der Waals surface area (Å²) in [6.07, 6.45) is 6.96. The summed E-state index contributed by atoms with van der Waals surface area (Å²) in [6.45, 7) is 13.2. The monoisotopic (exact) mass is 224 g/mol. The Labute approximate surface area is 101 Å². The maximum atomic E-state index is 3.77. The quantitative estimate of drug-likeness (QED) is 0.698. The van der Waals surface area contributed by atoms with Gasteiger partial charge in [-0.1, -0.05) is 6.08 Å². The number of nitrogens with zero attached hydrogens (tertiary/aromatic N) is 1. The Morgan fingerprint density at radius 2 is 1.94 bits per heavy atom. The molecule has 0 aromatic rings. The van der Waals surface area contributed by atoms with Crippen LogP contribution in [0.25, 0.3) is 0 Å². The SMILES string of the molecule is C=CCCC(C)NC1CCN(C(C)C)CC1. The van der Waals surface area contributed by atoms with Gasteiger partial charge < -0.3 is 10.2 Å². The fraction of sp³-hybridized carbons (Fsp3) is 0.857. The molecule has 16 heavy (non-hydrogen) atoms. The van der Waals surface area contributed by atoms with E-state index in [1.165, 1.54) is 32.4 Å². The first kappa shape index (κ1) is 13.7. The standard InChI is InChI=1S/C14H28N2/c1-5-6-7-13(4)15-14-8-10-16(11-9-14)12(2)3/h5,12-15H,1,6-11H2,2-4H3. The van der Waals surface area contributed by atoms with Crippen molar-refractivity contribution >= 4 is 0 Å². The molecule has 0 saturated carbocycles. The minimum absolute atomic E-state index is 0.633. The molecule has 2 heteroatoms. The molecule has 0 spiro atoms. The van der Waals surface area contributed by atoms with Gasteiger partial charge in [-0.3, -0.25) is 0 Å². The highest BCUT2D eigenvalue weighted by atomic mass is 15.2. The molecule has 1 fully saturated rings. The fourth-order valence-electron chi connectivity index (χ4n) is 2.44. The van der Waals surface area contributed by atoms with Crippen LogP contribution in [0, 0.1) is 0 Å². The van der Waals surface area contributed by atoms with Gasteiger partial charge in [-0.05, 0) is 59.5 Å². The van der Waals surface area contributed by atoms with Crippen molar-refractivity contribution < 1.29 is 0 Å². The summed E-state index contributed by atoms with van der Waals surface area (Å²) in [6, 6.07) is 2.07. The Morgan fingerprint density at radius 3 is 2.44 bits per heavy atom. The van der Waals surface area contributed by atoms with Crippen LogP contribution in [0.5, 0.6) is 0 Å². The number of piperidine rings is 1. The molecule has 0 bridgehead atoms. The Kier molecular flexibility index (Phi) is 6.07. The Bertz CT molecular complexity index is 193. The summed E-state index contributed by atoms with van der Waals surface area (Å²) >= 11 is 0. The third-order valence-corrected chi connectivity index (χ3v) is 3.58.